The van der Waals surface area contributed by atoms with Gasteiger partial charge in [0, 0.05) is 21.5 Å². The third-order valence-corrected chi connectivity index (χ3v) is 3.80. The van der Waals surface area contributed by atoms with Crippen LogP contribution in [-0.4, -0.2) is 16.7 Å². The quantitative estimate of drug-likeness (QED) is 0.585. The molecule has 12 heavy (non-hydrogen) atoms. The molecule has 1 aliphatic rings. The van der Waals surface area contributed by atoms with Crippen molar-refractivity contribution < 1.29 is 29.4 Å². The van der Waals surface area contributed by atoms with Gasteiger partial charge in [0.05, 0.1) is 0 Å². The predicted octanol–water partition coefficient (Wildman–Crippen LogP) is -1.69. The van der Waals surface area contributed by atoms with Gasteiger partial charge in [-0.05, 0) is 20.1 Å². The lowest BCUT2D eigenvalue weighted by Gasteiger charge is -2.26. The van der Waals surface area contributed by atoms with Crippen molar-refractivity contribution in [2.75, 3.05) is 6.26 Å². The van der Waals surface area contributed by atoms with Gasteiger partial charge in [0.25, 0.3) is 0 Å². The van der Waals surface area contributed by atoms with Crippen LogP contribution < -0.4 is 29.4 Å². The molecule has 0 saturated carbocycles. The molecule has 1 nitrogen and oxygen atoms in total. The molecule has 0 aliphatic carbocycles. The maximum atomic E-state index is 5.79. The minimum atomic E-state index is 0. The van der Waals surface area contributed by atoms with E-state index in [1.807, 2.05) is 11.8 Å². The number of nitrogens with two attached hydrogens (primary N) is 1. The highest BCUT2D eigenvalue weighted by Crippen LogP contribution is 2.42. The number of halogens is 1. The van der Waals surface area contributed by atoms with Gasteiger partial charge in [-0.2, -0.15) is 0 Å². The van der Waals surface area contributed by atoms with Crippen LogP contribution in [0.4, 0.5) is 0 Å². The number of allylic oxidation sites excluding steroid dienone is 1. The summed E-state index contributed by atoms with van der Waals surface area (Å²) in [4.78, 5) is 0. The van der Waals surface area contributed by atoms with E-state index < -0.39 is 0 Å². The first-order valence-corrected chi connectivity index (χ1v) is 5.63. The van der Waals surface area contributed by atoms with E-state index in [-0.39, 0.29) is 28.7 Å². The van der Waals surface area contributed by atoms with Gasteiger partial charge < -0.3 is 24.0 Å². The number of hydrogen-bond donors (Lipinski definition) is 1. The van der Waals surface area contributed by atoms with Crippen molar-refractivity contribution in [1.29, 1.82) is 0 Å². The van der Waals surface area contributed by atoms with Gasteiger partial charge in [0.1, 0.15) is 0 Å². The van der Waals surface area contributed by atoms with Gasteiger partial charge in [0.2, 0.25) is 0 Å². The monoisotopic (exact) mass is 315 g/mol. The molecule has 0 aromatic rings. The summed E-state index contributed by atoms with van der Waals surface area (Å²) in [6, 6.07) is 0. The van der Waals surface area contributed by atoms with Crippen molar-refractivity contribution in [3.8, 4) is 0 Å². The predicted molar refractivity (Wildman–Crippen MR) is 54.8 cm³/mol. The molecule has 1 aliphatic heterocycles. The Hall–Kier alpha value is 0.840. The zero-order chi connectivity index (χ0) is 8.48. The zero-order valence-electron chi connectivity index (χ0n) is 7.56. The molecule has 0 atom stereocenters. The van der Waals surface area contributed by atoms with Gasteiger partial charge >= 0.3 is 0 Å². The average molecular weight is 315 g/mol. The van der Waals surface area contributed by atoms with Gasteiger partial charge in [-0.15, -0.1) is 23.5 Å². The topological polar surface area (TPSA) is 25.6 Å². The highest BCUT2D eigenvalue weighted by atomic mass is 127. The van der Waals surface area contributed by atoms with Crippen LogP contribution in [0.15, 0.2) is 10.3 Å². The molecule has 1 rings (SSSR count). The van der Waals surface area contributed by atoms with Crippen LogP contribution in [0.25, 0.3) is 0 Å². The Bertz CT molecular complexity index is 211. The molecule has 0 bridgehead atoms. The van der Waals surface area contributed by atoms with E-state index in [2.05, 4.69) is 26.2 Å². The van der Waals surface area contributed by atoms with Crippen molar-refractivity contribution in [2.24, 2.45) is 0 Å². The van der Waals surface area contributed by atoms with Crippen LogP contribution in [-0.2, 0) is 0 Å². The lowest BCUT2D eigenvalue weighted by molar-refractivity contribution is -0.115. The molecule has 0 aromatic heterocycles. The summed E-state index contributed by atoms with van der Waals surface area (Å²) >= 11 is 3.69. The van der Waals surface area contributed by atoms with Crippen molar-refractivity contribution >= 4 is 29.2 Å². The Morgan fingerprint density at radius 2 is 2.17 bits per heavy atom. The van der Waals surface area contributed by atoms with Gasteiger partial charge in [-0.3, -0.25) is 5.41 Å². The van der Waals surface area contributed by atoms with Gasteiger partial charge in [-0.25, -0.2) is 0 Å². The normalized spacial score (nSPS) is 21.2. The van der Waals surface area contributed by atoms with Crippen LogP contribution in [0, 0.1) is 0 Å². The smallest absolute Gasteiger partial charge is 0.175 e. The Morgan fingerprint density at radius 3 is 2.58 bits per heavy atom. The van der Waals surface area contributed by atoms with Gasteiger partial charge in [0.15, 0.2) is 5.71 Å². The maximum Gasteiger partial charge on any atom is 0.175 e. The van der Waals surface area contributed by atoms with E-state index in [9.17, 15) is 0 Å². The zero-order valence-corrected chi connectivity index (χ0v) is 11.3. The molecule has 4 heteroatoms. The van der Waals surface area contributed by atoms with Crippen molar-refractivity contribution in [2.45, 2.75) is 25.0 Å². The van der Waals surface area contributed by atoms with E-state index in [1.165, 1.54) is 4.24 Å². The summed E-state index contributed by atoms with van der Waals surface area (Å²) in [7, 11) is 0. The fourth-order valence-electron chi connectivity index (χ4n) is 1.13. The van der Waals surface area contributed by atoms with E-state index in [0.717, 1.165) is 12.1 Å². The Kier molecular flexibility index (Phi) is 5.25. The molecule has 0 fully saturated rings. The summed E-state index contributed by atoms with van der Waals surface area (Å²) in [6.45, 7) is 4.46. The molecule has 1 heterocycles. The Labute approximate surface area is 99.7 Å². The molecule has 0 saturated heterocycles. The SMILES string of the molecule is CSC1=CC(=[NH2+])CC(C)(C)S1.[I-]. The fraction of sp³-hybridized carbons (Fsp3) is 0.625. The third kappa shape index (κ3) is 3.70. The molecular weight excluding hydrogens is 301 g/mol. The number of rotatable bonds is 1. The van der Waals surface area contributed by atoms with E-state index in [4.69, 9.17) is 5.41 Å². The van der Waals surface area contributed by atoms with Crippen LogP contribution in [0.3, 0.4) is 0 Å². The van der Waals surface area contributed by atoms with Crippen LogP contribution >= 0.6 is 23.5 Å². The van der Waals surface area contributed by atoms with Crippen molar-refractivity contribution in [3.63, 3.8) is 0 Å². The highest BCUT2D eigenvalue weighted by Gasteiger charge is 2.28. The summed E-state index contributed by atoms with van der Waals surface area (Å²) in [6.07, 6.45) is 5.18. The fourth-order valence-corrected chi connectivity index (χ4v) is 3.41. The van der Waals surface area contributed by atoms with Crippen LogP contribution in [0.5, 0.6) is 0 Å². The molecular formula is C8H14INS2. The number of hydrogen-bond acceptors (Lipinski definition) is 2. The van der Waals surface area contributed by atoms with E-state index in [1.54, 1.807) is 11.8 Å². The van der Waals surface area contributed by atoms with Crippen LogP contribution in [0.2, 0.25) is 0 Å². The van der Waals surface area contributed by atoms with Crippen molar-refractivity contribution in [3.05, 3.63) is 10.3 Å². The largest absolute Gasteiger partial charge is 1.00 e. The second-order valence-corrected chi connectivity index (χ2v) is 6.14. The highest BCUT2D eigenvalue weighted by molar-refractivity contribution is 8.22. The van der Waals surface area contributed by atoms with Gasteiger partial charge in [-0.1, -0.05) is 0 Å². The lowest BCUT2D eigenvalue weighted by Crippen LogP contribution is -3.00. The summed E-state index contributed by atoms with van der Waals surface area (Å²) < 4.78 is 1.62. The average Bonchev–Trinajstić information content (AvgIpc) is 1.83. The maximum absolute atomic E-state index is 5.79. The van der Waals surface area contributed by atoms with E-state index in [0.29, 0.717) is 0 Å². The minimum absolute atomic E-state index is 0. The standard InChI is InChI=1S/C8H13NS2.HI/c1-8(2)5-6(9)4-7(10-3)11-8;/h4,9H,5H2,1-3H3;1H. The Morgan fingerprint density at radius 1 is 1.58 bits per heavy atom. The second kappa shape index (κ2) is 4.91. The molecule has 0 unspecified atom stereocenters. The lowest BCUT2D eigenvalue weighted by atomic mass is 10.1. The van der Waals surface area contributed by atoms with Crippen molar-refractivity contribution in [1.82, 2.24) is 0 Å². The molecule has 0 amide bonds. The minimum Gasteiger partial charge on any atom is -1.00 e. The number of thioether (sulfide) groups is 2. The molecule has 2 N–H and O–H groups in total. The summed E-state index contributed by atoms with van der Waals surface area (Å²) in [5.41, 5.74) is 1.01. The van der Waals surface area contributed by atoms with Crippen LogP contribution in [0.1, 0.15) is 20.3 Å². The molecule has 0 spiro atoms. The second-order valence-electron chi connectivity index (χ2n) is 3.28. The molecule has 70 valence electrons. The summed E-state index contributed by atoms with van der Waals surface area (Å²) in [5.74, 6) is 0. The molecule has 0 radical (unpaired) electrons. The first-order chi connectivity index (χ1) is 5.03. The van der Waals surface area contributed by atoms with E-state index >= 15 is 0 Å². The summed E-state index contributed by atoms with van der Waals surface area (Å²) in [5, 5.41) is 5.79. The first-order valence-electron chi connectivity index (χ1n) is 3.59. The third-order valence-electron chi connectivity index (χ3n) is 1.51. The first kappa shape index (κ1) is 12.8. The Balaban J connectivity index is 0.00000121. The molecule has 0 aromatic carbocycles.